The molecule has 0 bridgehead atoms. The molecule has 1 atom stereocenters. The minimum absolute atomic E-state index is 0.202. The van der Waals surface area contributed by atoms with Crippen molar-refractivity contribution in [3.63, 3.8) is 0 Å². The zero-order valence-corrected chi connectivity index (χ0v) is 10.4. The van der Waals surface area contributed by atoms with E-state index in [1.165, 1.54) is 0 Å². The zero-order chi connectivity index (χ0) is 12.8. The second-order valence-electron chi connectivity index (χ2n) is 4.43. The number of nitrogens with zero attached hydrogens (tertiary/aromatic N) is 2. The molecule has 2 aromatic heterocycles. The molecule has 18 heavy (non-hydrogen) atoms. The lowest BCUT2D eigenvalue weighted by Crippen LogP contribution is -2.22. The molecule has 0 aliphatic heterocycles. The lowest BCUT2D eigenvalue weighted by molar-refractivity contribution is 0.233. The topological polar surface area (TPSA) is 73.8 Å². The monoisotopic (exact) mass is 246 g/mol. The molecule has 5 heteroatoms. The summed E-state index contributed by atoms with van der Waals surface area (Å²) >= 11 is 0. The molecule has 0 radical (unpaired) electrons. The van der Waals surface area contributed by atoms with Crippen LogP contribution in [0.4, 0.5) is 0 Å². The van der Waals surface area contributed by atoms with Crippen LogP contribution in [0.1, 0.15) is 12.5 Å². The van der Waals surface area contributed by atoms with E-state index in [2.05, 4.69) is 20.5 Å². The Bertz CT molecular complexity index is 469. The second-order valence-corrected chi connectivity index (χ2v) is 4.43. The molecule has 0 amide bonds. The van der Waals surface area contributed by atoms with E-state index in [-0.39, 0.29) is 12.5 Å². The normalized spacial score (nSPS) is 12.6. The molecule has 0 saturated heterocycles. The van der Waals surface area contributed by atoms with Crippen molar-refractivity contribution in [2.75, 3.05) is 13.2 Å². The minimum Gasteiger partial charge on any atom is -0.396 e. The predicted octanol–water partition coefficient (Wildman–Crippen LogP) is 1.19. The van der Waals surface area contributed by atoms with Crippen molar-refractivity contribution in [2.45, 2.75) is 13.5 Å². The van der Waals surface area contributed by atoms with Crippen molar-refractivity contribution in [1.29, 1.82) is 0 Å². The average molecular weight is 246 g/mol. The van der Waals surface area contributed by atoms with E-state index in [0.29, 0.717) is 0 Å². The SMILES string of the molecule is CC(CO)CNCc1cn[nH]c1-c1cccnc1. The molecule has 3 N–H and O–H groups in total. The summed E-state index contributed by atoms with van der Waals surface area (Å²) < 4.78 is 0. The Morgan fingerprint density at radius 1 is 1.44 bits per heavy atom. The van der Waals surface area contributed by atoms with Crippen LogP contribution in [0.25, 0.3) is 11.3 Å². The molecule has 0 spiro atoms. The minimum atomic E-state index is 0.202. The van der Waals surface area contributed by atoms with Crippen LogP contribution in [0.5, 0.6) is 0 Å². The lowest BCUT2D eigenvalue weighted by atomic mass is 10.1. The maximum Gasteiger partial charge on any atom is 0.0710 e. The highest BCUT2D eigenvalue weighted by Crippen LogP contribution is 2.19. The highest BCUT2D eigenvalue weighted by molar-refractivity contribution is 5.61. The fourth-order valence-electron chi connectivity index (χ4n) is 1.72. The fourth-order valence-corrected chi connectivity index (χ4v) is 1.72. The molecule has 0 aliphatic rings. The number of H-pyrrole nitrogens is 1. The van der Waals surface area contributed by atoms with Gasteiger partial charge in [-0.1, -0.05) is 6.92 Å². The van der Waals surface area contributed by atoms with Crippen molar-refractivity contribution < 1.29 is 5.11 Å². The Hall–Kier alpha value is -1.72. The molecule has 0 saturated carbocycles. The summed E-state index contributed by atoms with van der Waals surface area (Å²) in [5.41, 5.74) is 3.13. The van der Waals surface area contributed by atoms with Gasteiger partial charge in [-0.05, 0) is 18.1 Å². The Balaban J connectivity index is 2.00. The number of aliphatic hydroxyl groups excluding tert-OH is 1. The Kier molecular flexibility index (Phi) is 4.44. The third-order valence-corrected chi connectivity index (χ3v) is 2.79. The molecule has 0 aliphatic carbocycles. The number of hydrogen-bond acceptors (Lipinski definition) is 4. The van der Waals surface area contributed by atoms with Gasteiger partial charge in [0.2, 0.25) is 0 Å². The van der Waals surface area contributed by atoms with Gasteiger partial charge in [0, 0.05) is 43.2 Å². The highest BCUT2D eigenvalue weighted by atomic mass is 16.3. The van der Waals surface area contributed by atoms with Crippen LogP contribution in [-0.2, 0) is 6.54 Å². The third-order valence-electron chi connectivity index (χ3n) is 2.79. The molecule has 2 aromatic rings. The number of nitrogens with one attached hydrogen (secondary N) is 2. The summed E-state index contributed by atoms with van der Waals surface area (Å²) in [5, 5.41) is 19.3. The Morgan fingerprint density at radius 2 is 2.33 bits per heavy atom. The van der Waals surface area contributed by atoms with E-state index in [0.717, 1.165) is 29.9 Å². The van der Waals surface area contributed by atoms with E-state index in [9.17, 15) is 0 Å². The average Bonchev–Trinajstić information content (AvgIpc) is 2.88. The van der Waals surface area contributed by atoms with E-state index in [4.69, 9.17) is 5.11 Å². The van der Waals surface area contributed by atoms with E-state index in [1.807, 2.05) is 31.5 Å². The van der Waals surface area contributed by atoms with Crippen LogP contribution in [0, 0.1) is 5.92 Å². The van der Waals surface area contributed by atoms with E-state index in [1.54, 1.807) is 6.20 Å². The third kappa shape index (κ3) is 3.15. The first-order chi connectivity index (χ1) is 8.81. The molecule has 0 aromatic carbocycles. The van der Waals surface area contributed by atoms with Crippen LogP contribution in [0.2, 0.25) is 0 Å². The quantitative estimate of drug-likeness (QED) is 0.716. The van der Waals surface area contributed by atoms with Gasteiger partial charge in [-0.2, -0.15) is 5.10 Å². The van der Waals surface area contributed by atoms with Gasteiger partial charge in [0.25, 0.3) is 0 Å². The maximum atomic E-state index is 8.96. The highest BCUT2D eigenvalue weighted by Gasteiger charge is 2.07. The number of aromatic nitrogens is 3. The van der Waals surface area contributed by atoms with Crippen molar-refractivity contribution >= 4 is 0 Å². The number of aromatic amines is 1. The summed E-state index contributed by atoms with van der Waals surface area (Å²) in [4.78, 5) is 4.10. The maximum absolute atomic E-state index is 8.96. The first-order valence-electron chi connectivity index (χ1n) is 6.05. The molecule has 2 rings (SSSR count). The summed E-state index contributed by atoms with van der Waals surface area (Å²) in [6, 6.07) is 3.90. The number of aliphatic hydroxyl groups is 1. The lowest BCUT2D eigenvalue weighted by Gasteiger charge is -2.09. The molecule has 2 heterocycles. The summed E-state index contributed by atoms with van der Waals surface area (Å²) in [7, 11) is 0. The number of rotatable bonds is 6. The van der Waals surface area contributed by atoms with Gasteiger partial charge < -0.3 is 10.4 Å². The van der Waals surface area contributed by atoms with Crippen molar-refractivity contribution in [2.24, 2.45) is 5.92 Å². The van der Waals surface area contributed by atoms with Crippen LogP contribution >= 0.6 is 0 Å². The van der Waals surface area contributed by atoms with E-state index >= 15 is 0 Å². The van der Waals surface area contributed by atoms with Crippen molar-refractivity contribution in [3.8, 4) is 11.3 Å². The molecular weight excluding hydrogens is 228 g/mol. The first kappa shape index (κ1) is 12.7. The number of pyridine rings is 1. The van der Waals surface area contributed by atoms with Gasteiger partial charge in [-0.3, -0.25) is 10.1 Å². The standard InChI is InChI=1S/C13H18N4O/c1-10(9-18)5-15-7-12-8-16-17-13(12)11-3-2-4-14-6-11/h2-4,6,8,10,15,18H,5,7,9H2,1H3,(H,16,17). The second kappa shape index (κ2) is 6.28. The summed E-state index contributed by atoms with van der Waals surface area (Å²) in [5.74, 6) is 0.263. The van der Waals surface area contributed by atoms with Gasteiger partial charge in [0.05, 0.1) is 11.9 Å². The zero-order valence-electron chi connectivity index (χ0n) is 10.4. The van der Waals surface area contributed by atoms with Gasteiger partial charge in [-0.15, -0.1) is 0 Å². The van der Waals surface area contributed by atoms with Crippen LogP contribution in [0.15, 0.2) is 30.7 Å². The first-order valence-corrected chi connectivity index (χ1v) is 6.05. The van der Waals surface area contributed by atoms with Crippen molar-refractivity contribution in [3.05, 3.63) is 36.3 Å². The smallest absolute Gasteiger partial charge is 0.0710 e. The summed E-state index contributed by atoms with van der Waals surface area (Å²) in [6.07, 6.45) is 5.38. The molecule has 5 nitrogen and oxygen atoms in total. The Morgan fingerprint density at radius 3 is 3.06 bits per heavy atom. The molecular formula is C13H18N4O. The number of hydrogen-bond donors (Lipinski definition) is 3. The summed E-state index contributed by atoms with van der Waals surface area (Å²) in [6.45, 7) is 3.72. The van der Waals surface area contributed by atoms with Gasteiger partial charge in [0.15, 0.2) is 0 Å². The van der Waals surface area contributed by atoms with Gasteiger partial charge >= 0.3 is 0 Å². The van der Waals surface area contributed by atoms with Crippen LogP contribution in [-0.4, -0.2) is 33.4 Å². The predicted molar refractivity (Wildman–Crippen MR) is 69.8 cm³/mol. The largest absolute Gasteiger partial charge is 0.396 e. The van der Waals surface area contributed by atoms with Crippen LogP contribution < -0.4 is 5.32 Å². The fraction of sp³-hybridized carbons (Fsp3) is 0.385. The molecule has 0 fully saturated rings. The Labute approximate surface area is 106 Å². The van der Waals surface area contributed by atoms with Gasteiger partial charge in [-0.25, -0.2) is 0 Å². The molecule has 96 valence electrons. The molecule has 1 unspecified atom stereocenters. The van der Waals surface area contributed by atoms with Gasteiger partial charge in [0.1, 0.15) is 0 Å². The van der Waals surface area contributed by atoms with E-state index < -0.39 is 0 Å². The van der Waals surface area contributed by atoms with Crippen molar-refractivity contribution in [1.82, 2.24) is 20.5 Å². The van der Waals surface area contributed by atoms with Crippen LogP contribution in [0.3, 0.4) is 0 Å².